The summed E-state index contributed by atoms with van der Waals surface area (Å²) in [5.74, 6) is 0.685. The van der Waals surface area contributed by atoms with Gasteiger partial charge < -0.3 is 4.74 Å². The Hall–Kier alpha value is -2.15. The molecule has 0 N–H and O–H groups in total. The standard InChI is InChI=1S/C14H16ClN5O2/c1-9(2)22-12-11(15)6-10(7-16-12)13(21)19-4-3-5-20-14(19)17-8-18-20/h6-9H,3-5H2,1-2H3. The first-order valence-electron chi connectivity index (χ1n) is 7.08. The van der Waals surface area contributed by atoms with Crippen molar-refractivity contribution in [2.24, 2.45) is 0 Å². The Morgan fingerprint density at radius 3 is 2.91 bits per heavy atom. The number of nitrogens with zero attached hydrogens (tertiary/aromatic N) is 5. The molecule has 22 heavy (non-hydrogen) atoms. The number of hydrogen-bond acceptors (Lipinski definition) is 5. The SMILES string of the molecule is CC(C)Oc1ncc(C(=O)N2CCCn3ncnc32)cc1Cl. The number of carbonyl (C=O) groups is 1. The van der Waals surface area contributed by atoms with Gasteiger partial charge in [-0.05, 0) is 26.3 Å². The second-order valence-electron chi connectivity index (χ2n) is 5.27. The Morgan fingerprint density at radius 2 is 2.18 bits per heavy atom. The summed E-state index contributed by atoms with van der Waals surface area (Å²) in [6.45, 7) is 5.13. The van der Waals surface area contributed by atoms with Crippen molar-refractivity contribution in [3.05, 3.63) is 29.2 Å². The molecule has 0 saturated heterocycles. The molecule has 2 aromatic heterocycles. The predicted octanol–water partition coefficient (Wildman–Crippen LogP) is 2.16. The lowest BCUT2D eigenvalue weighted by atomic mass is 10.2. The number of rotatable bonds is 3. The molecule has 2 aromatic rings. The minimum atomic E-state index is -0.195. The fourth-order valence-electron chi connectivity index (χ4n) is 2.30. The number of aryl methyl sites for hydroxylation is 1. The van der Waals surface area contributed by atoms with Crippen LogP contribution in [0.1, 0.15) is 30.6 Å². The van der Waals surface area contributed by atoms with E-state index in [0.717, 1.165) is 13.0 Å². The normalized spacial score (nSPS) is 14.1. The molecular weight excluding hydrogens is 306 g/mol. The van der Waals surface area contributed by atoms with E-state index in [1.165, 1.54) is 12.5 Å². The molecule has 0 aliphatic carbocycles. The molecular formula is C14H16ClN5O2. The monoisotopic (exact) mass is 321 g/mol. The van der Waals surface area contributed by atoms with Crippen molar-refractivity contribution in [2.45, 2.75) is 32.9 Å². The van der Waals surface area contributed by atoms with E-state index in [9.17, 15) is 4.79 Å². The molecule has 0 aromatic carbocycles. The van der Waals surface area contributed by atoms with Gasteiger partial charge in [-0.1, -0.05) is 11.6 Å². The van der Waals surface area contributed by atoms with Crippen LogP contribution in [0.2, 0.25) is 5.02 Å². The van der Waals surface area contributed by atoms with Crippen molar-refractivity contribution >= 4 is 23.5 Å². The molecule has 1 amide bonds. The zero-order valence-electron chi connectivity index (χ0n) is 12.4. The first-order chi connectivity index (χ1) is 10.6. The average molecular weight is 322 g/mol. The molecule has 0 bridgehead atoms. The lowest BCUT2D eigenvalue weighted by Gasteiger charge is -2.26. The number of amides is 1. The summed E-state index contributed by atoms with van der Waals surface area (Å²) in [4.78, 5) is 22.5. The maximum absolute atomic E-state index is 12.7. The van der Waals surface area contributed by atoms with Crippen LogP contribution in [0.3, 0.4) is 0 Å². The second-order valence-corrected chi connectivity index (χ2v) is 5.68. The number of aromatic nitrogens is 4. The van der Waals surface area contributed by atoms with Crippen molar-refractivity contribution < 1.29 is 9.53 Å². The molecule has 3 heterocycles. The lowest BCUT2D eigenvalue weighted by Crippen LogP contribution is -2.38. The fourth-order valence-corrected chi connectivity index (χ4v) is 2.51. The van der Waals surface area contributed by atoms with Crippen molar-refractivity contribution in [3.63, 3.8) is 0 Å². The first-order valence-corrected chi connectivity index (χ1v) is 7.46. The highest BCUT2D eigenvalue weighted by Crippen LogP contribution is 2.25. The summed E-state index contributed by atoms with van der Waals surface area (Å²) < 4.78 is 7.19. The van der Waals surface area contributed by atoms with Crippen LogP contribution in [-0.2, 0) is 6.54 Å². The second kappa shape index (κ2) is 5.92. The zero-order valence-corrected chi connectivity index (χ0v) is 13.1. The molecule has 7 nitrogen and oxygen atoms in total. The van der Waals surface area contributed by atoms with Crippen LogP contribution in [0, 0.1) is 0 Å². The van der Waals surface area contributed by atoms with Crippen LogP contribution in [-0.4, -0.2) is 38.3 Å². The Labute approximate surface area is 132 Å². The van der Waals surface area contributed by atoms with E-state index in [0.29, 0.717) is 29.0 Å². The van der Waals surface area contributed by atoms with E-state index in [4.69, 9.17) is 16.3 Å². The number of carbonyl (C=O) groups excluding carboxylic acids is 1. The first kappa shape index (κ1) is 14.8. The van der Waals surface area contributed by atoms with Crippen LogP contribution < -0.4 is 9.64 Å². The summed E-state index contributed by atoms with van der Waals surface area (Å²) >= 11 is 6.14. The van der Waals surface area contributed by atoms with E-state index < -0.39 is 0 Å². The summed E-state index contributed by atoms with van der Waals surface area (Å²) in [6, 6.07) is 1.57. The third kappa shape index (κ3) is 2.76. The minimum absolute atomic E-state index is 0.0350. The summed E-state index contributed by atoms with van der Waals surface area (Å²) in [7, 11) is 0. The number of anilines is 1. The Kier molecular flexibility index (Phi) is 3.98. The minimum Gasteiger partial charge on any atom is -0.474 e. The maximum Gasteiger partial charge on any atom is 0.262 e. The highest BCUT2D eigenvalue weighted by Gasteiger charge is 2.26. The van der Waals surface area contributed by atoms with Gasteiger partial charge in [0.05, 0.1) is 11.7 Å². The van der Waals surface area contributed by atoms with Gasteiger partial charge in [-0.25, -0.2) is 9.67 Å². The average Bonchev–Trinajstić information content (AvgIpc) is 2.96. The third-order valence-corrected chi connectivity index (χ3v) is 3.51. The molecule has 0 saturated carbocycles. The molecule has 8 heteroatoms. The van der Waals surface area contributed by atoms with Gasteiger partial charge >= 0.3 is 0 Å². The number of fused-ring (bicyclic) bond motifs is 1. The van der Waals surface area contributed by atoms with Crippen molar-refractivity contribution in [1.29, 1.82) is 0 Å². The fraction of sp³-hybridized carbons (Fsp3) is 0.429. The third-order valence-electron chi connectivity index (χ3n) is 3.24. The van der Waals surface area contributed by atoms with Gasteiger partial charge in [-0.3, -0.25) is 9.69 Å². The molecule has 0 fully saturated rings. The van der Waals surface area contributed by atoms with Crippen LogP contribution in [0.4, 0.5) is 5.95 Å². The molecule has 0 unspecified atom stereocenters. The number of hydrogen-bond donors (Lipinski definition) is 0. The molecule has 1 aliphatic heterocycles. The summed E-state index contributed by atoms with van der Waals surface area (Å²) in [6.07, 6.45) is 3.72. The molecule has 0 radical (unpaired) electrons. The maximum atomic E-state index is 12.7. The molecule has 0 spiro atoms. The number of pyridine rings is 1. The summed E-state index contributed by atoms with van der Waals surface area (Å²) in [5.41, 5.74) is 0.401. The van der Waals surface area contributed by atoms with Gasteiger partial charge in [0.1, 0.15) is 11.3 Å². The van der Waals surface area contributed by atoms with Crippen molar-refractivity contribution in [2.75, 3.05) is 11.4 Å². The van der Waals surface area contributed by atoms with Crippen LogP contribution >= 0.6 is 11.6 Å². The molecule has 116 valence electrons. The highest BCUT2D eigenvalue weighted by molar-refractivity contribution is 6.32. The van der Waals surface area contributed by atoms with Gasteiger partial charge in [-0.2, -0.15) is 10.1 Å². The molecule has 1 aliphatic rings. The van der Waals surface area contributed by atoms with Crippen molar-refractivity contribution in [1.82, 2.24) is 19.7 Å². The van der Waals surface area contributed by atoms with Gasteiger partial charge in [-0.15, -0.1) is 0 Å². The molecule has 0 atom stereocenters. The van der Waals surface area contributed by atoms with Gasteiger partial charge in [0.2, 0.25) is 11.8 Å². The Bertz CT molecular complexity index is 700. The Morgan fingerprint density at radius 1 is 1.36 bits per heavy atom. The van der Waals surface area contributed by atoms with Crippen molar-refractivity contribution in [3.8, 4) is 5.88 Å². The van der Waals surface area contributed by atoms with E-state index in [1.807, 2.05) is 13.8 Å². The number of ether oxygens (including phenoxy) is 1. The Balaban J connectivity index is 1.86. The smallest absolute Gasteiger partial charge is 0.262 e. The number of halogens is 1. The van der Waals surface area contributed by atoms with Crippen LogP contribution in [0.25, 0.3) is 0 Å². The highest BCUT2D eigenvalue weighted by atomic mass is 35.5. The van der Waals surface area contributed by atoms with Crippen LogP contribution in [0.5, 0.6) is 5.88 Å². The van der Waals surface area contributed by atoms with E-state index in [-0.39, 0.29) is 12.0 Å². The quantitative estimate of drug-likeness (QED) is 0.866. The largest absolute Gasteiger partial charge is 0.474 e. The van der Waals surface area contributed by atoms with E-state index in [1.54, 1.807) is 15.6 Å². The van der Waals surface area contributed by atoms with Gasteiger partial charge in [0.15, 0.2) is 0 Å². The van der Waals surface area contributed by atoms with Gasteiger partial charge in [0, 0.05) is 19.3 Å². The topological polar surface area (TPSA) is 73.1 Å². The van der Waals surface area contributed by atoms with Gasteiger partial charge in [0.25, 0.3) is 5.91 Å². The summed E-state index contributed by atoms with van der Waals surface area (Å²) in [5, 5.41) is 4.41. The zero-order chi connectivity index (χ0) is 15.7. The predicted molar refractivity (Wildman–Crippen MR) is 81.3 cm³/mol. The van der Waals surface area contributed by atoms with Crippen LogP contribution in [0.15, 0.2) is 18.6 Å². The lowest BCUT2D eigenvalue weighted by molar-refractivity contribution is 0.0980. The van der Waals surface area contributed by atoms with E-state index >= 15 is 0 Å². The van der Waals surface area contributed by atoms with E-state index in [2.05, 4.69) is 15.1 Å². The molecule has 3 rings (SSSR count).